The molecule has 0 bridgehead atoms. The van der Waals surface area contributed by atoms with Crippen LogP contribution in [0, 0.1) is 0 Å². The van der Waals surface area contributed by atoms with Crippen molar-refractivity contribution in [3.05, 3.63) is 35.4 Å². The maximum Gasteiger partial charge on any atom is 0.0236 e. The molecule has 0 atom stereocenters. The Kier molecular flexibility index (Phi) is 3.75. The minimum absolute atomic E-state index is 0.804. The quantitative estimate of drug-likeness (QED) is 0.813. The molecule has 2 nitrogen and oxygen atoms in total. The average molecular weight is 204 g/mol. The van der Waals surface area contributed by atoms with Gasteiger partial charge in [0.05, 0.1) is 0 Å². The van der Waals surface area contributed by atoms with E-state index in [1.807, 2.05) is 0 Å². The van der Waals surface area contributed by atoms with Crippen LogP contribution in [0.4, 0.5) is 0 Å². The van der Waals surface area contributed by atoms with Crippen molar-refractivity contribution < 1.29 is 0 Å². The standard InChI is InChI=1S/C13H20N2/c14-8-4-10-15-9-3-7-12-5-1-2-6-13(12)11-15/h1-2,5-6H,3-4,7-11,14H2. The van der Waals surface area contributed by atoms with E-state index in [4.69, 9.17) is 5.73 Å². The molecule has 0 amide bonds. The molecule has 0 radical (unpaired) electrons. The third kappa shape index (κ3) is 2.80. The van der Waals surface area contributed by atoms with Crippen molar-refractivity contribution >= 4 is 0 Å². The van der Waals surface area contributed by atoms with Crippen LogP contribution in [0.2, 0.25) is 0 Å². The van der Waals surface area contributed by atoms with Gasteiger partial charge in [0.15, 0.2) is 0 Å². The van der Waals surface area contributed by atoms with Gasteiger partial charge in [0.2, 0.25) is 0 Å². The summed E-state index contributed by atoms with van der Waals surface area (Å²) in [5.41, 5.74) is 8.59. The minimum atomic E-state index is 0.804. The molecule has 1 heterocycles. The van der Waals surface area contributed by atoms with Gasteiger partial charge in [-0.1, -0.05) is 24.3 Å². The number of aryl methyl sites for hydroxylation is 1. The van der Waals surface area contributed by atoms with Crippen molar-refractivity contribution in [2.45, 2.75) is 25.8 Å². The van der Waals surface area contributed by atoms with Gasteiger partial charge in [0.25, 0.3) is 0 Å². The third-order valence-corrected chi connectivity index (χ3v) is 3.11. The lowest BCUT2D eigenvalue weighted by Crippen LogP contribution is -2.26. The van der Waals surface area contributed by atoms with Gasteiger partial charge in [-0.05, 0) is 50.0 Å². The van der Waals surface area contributed by atoms with Crippen LogP contribution in [-0.4, -0.2) is 24.5 Å². The van der Waals surface area contributed by atoms with Crippen molar-refractivity contribution in [1.82, 2.24) is 4.90 Å². The predicted octanol–water partition coefficient (Wildman–Crippen LogP) is 1.78. The summed E-state index contributed by atoms with van der Waals surface area (Å²) in [7, 11) is 0. The number of nitrogens with two attached hydrogens (primary N) is 1. The fourth-order valence-electron chi connectivity index (χ4n) is 2.27. The highest BCUT2D eigenvalue weighted by molar-refractivity contribution is 5.27. The van der Waals surface area contributed by atoms with E-state index in [2.05, 4.69) is 29.2 Å². The van der Waals surface area contributed by atoms with E-state index < -0.39 is 0 Å². The molecule has 1 aromatic rings. The highest BCUT2D eigenvalue weighted by Gasteiger charge is 2.12. The molecular weight excluding hydrogens is 184 g/mol. The summed E-state index contributed by atoms with van der Waals surface area (Å²) in [5.74, 6) is 0. The second kappa shape index (κ2) is 5.29. The molecule has 0 unspecified atom stereocenters. The topological polar surface area (TPSA) is 29.3 Å². The summed E-state index contributed by atoms with van der Waals surface area (Å²) in [6.07, 6.45) is 3.62. The fraction of sp³-hybridized carbons (Fsp3) is 0.538. The van der Waals surface area contributed by atoms with Gasteiger partial charge >= 0.3 is 0 Å². The van der Waals surface area contributed by atoms with Gasteiger partial charge < -0.3 is 5.73 Å². The van der Waals surface area contributed by atoms with Crippen LogP contribution in [0.5, 0.6) is 0 Å². The molecule has 0 spiro atoms. The molecule has 15 heavy (non-hydrogen) atoms. The third-order valence-electron chi connectivity index (χ3n) is 3.11. The van der Waals surface area contributed by atoms with Gasteiger partial charge in [-0.3, -0.25) is 4.90 Å². The van der Waals surface area contributed by atoms with Crippen LogP contribution in [0.3, 0.4) is 0 Å². The van der Waals surface area contributed by atoms with Crippen LogP contribution in [0.25, 0.3) is 0 Å². The smallest absolute Gasteiger partial charge is 0.0236 e. The average Bonchev–Trinajstić information content (AvgIpc) is 2.47. The van der Waals surface area contributed by atoms with Crippen molar-refractivity contribution in [1.29, 1.82) is 0 Å². The first-order chi connectivity index (χ1) is 7.40. The van der Waals surface area contributed by atoms with Crippen molar-refractivity contribution in [3.8, 4) is 0 Å². The van der Waals surface area contributed by atoms with Gasteiger partial charge in [0.1, 0.15) is 0 Å². The van der Waals surface area contributed by atoms with Crippen LogP contribution >= 0.6 is 0 Å². The normalized spacial score (nSPS) is 17.1. The number of hydrogen-bond donors (Lipinski definition) is 1. The Labute approximate surface area is 92.1 Å². The summed E-state index contributed by atoms with van der Waals surface area (Å²) >= 11 is 0. The zero-order chi connectivity index (χ0) is 10.5. The number of benzene rings is 1. The van der Waals surface area contributed by atoms with E-state index in [1.165, 1.54) is 30.5 Å². The van der Waals surface area contributed by atoms with Gasteiger partial charge in [-0.25, -0.2) is 0 Å². The molecule has 0 aliphatic carbocycles. The molecule has 2 N–H and O–H groups in total. The lowest BCUT2D eigenvalue weighted by atomic mass is 10.0. The molecule has 0 saturated carbocycles. The summed E-state index contributed by atoms with van der Waals surface area (Å²) < 4.78 is 0. The molecule has 2 rings (SSSR count). The summed E-state index contributed by atoms with van der Waals surface area (Å²) in [6.45, 7) is 4.27. The zero-order valence-electron chi connectivity index (χ0n) is 9.28. The Hall–Kier alpha value is -0.860. The molecule has 0 saturated heterocycles. The number of nitrogens with zero attached hydrogens (tertiary/aromatic N) is 1. The second-order valence-corrected chi connectivity index (χ2v) is 4.29. The maximum atomic E-state index is 5.55. The molecule has 82 valence electrons. The minimum Gasteiger partial charge on any atom is -0.330 e. The van der Waals surface area contributed by atoms with Crippen LogP contribution < -0.4 is 5.73 Å². The first-order valence-corrected chi connectivity index (χ1v) is 5.89. The number of hydrogen-bond acceptors (Lipinski definition) is 2. The van der Waals surface area contributed by atoms with E-state index >= 15 is 0 Å². The highest BCUT2D eigenvalue weighted by Crippen LogP contribution is 2.18. The van der Waals surface area contributed by atoms with Crippen molar-refractivity contribution in [3.63, 3.8) is 0 Å². The van der Waals surface area contributed by atoms with Crippen LogP contribution in [0.15, 0.2) is 24.3 Å². The zero-order valence-corrected chi connectivity index (χ0v) is 9.28. The highest BCUT2D eigenvalue weighted by atomic mass is 15.1. The lowest BCUT2D eigenvalue weighted by Gasteiger charge is -2.19. The molecule has 1 aromatic carbocycles. The lowest BCUT2D eigenvalue weighted by molar-refractivity contribution is 0.268. The van der Waals surface area contributed by atoms with E-state index in [0.29, 0.717) is 0 Å². The molecule has 1 aliphatic heterocycles. The Balaban J connectivity index is 2.04. The summed E-state index contributed by atoms with van der Waals surface area (Å²) in [6, 6.07) is 8.82. The molecule has 0 fully saturated rings. The van der Waals surface area contributed by atoms with Gasteiger partial charge in [-0.2, -0.15) is 0 Å². The Bertz CT molecular complexity index is 307. The van der Waals surface area contributed by atoms with Gasteiger partial charge in [0, 0.05) is 6.54 Å². The summed E-state index contributed by atoms with van der Waals surface area (Å²) in [4.78, 5) is 2.53. The van der Waals surface area contributed by atoms with Crippen molar-refractivity contribution in [2.75, 3.05) is 19.6 Å². The fourth-order valence-corrected chi connectivity index (χ4v) is 2.27. The number of fused-ring (bicyclic) bond motifs is 1. The number of rotatable bonds is 3. The predicted molar refractivity (Wildman–Crippen MR) is 63.7 cm³/mol. The Morgan fingerprint density at radius 3 is 2.80 bits per heavy atom. The van der Waals surface area contributed by atoms with E-state index in [0.717, 1.165) is 26.1 Å². The molecule has 0 aromatic heterocycles. The molecule has 1 aliphatic rings. The van der Waals surface area contributed by atoms with Crippen LogP contribution in [-0.2, 0) is 13.0 Å². The van der Waals surface area contributed by atoms with Crippen molar-refractivity contribution in [2.24, 2.45) is 5.73 Å². The Morgan fingerprint density at radius 2 is 2.00 bits per heavy atom. The maximum absolute atomic E-state index is 5.55. The van der Waals surface area contributed by atoms with Gasteiger partial charge in [-0.15, -0.1) is 0 Å². The molecular formula is C13H20N2. The largest absolute Gasteiger partial charge is 0.330 e. The first-order valence-electron chi connectivity index (χ1n) is 5.89. The van der Waals surface area contributed by atoms with E-state index in [-0.39, 0.29) is 0 Å². The van der Waals surface area contributed by atoms with E-state index in [9.17, 15) is 0 Å². The monoisotopic (exact) mass is 204 g/mol. The molecule has 2 heteroatoms. The summed E-state index contributed by atoms with van der Waals surface area (Å²) in [5, 5.41) is 0. The first kappa shape index (κ1) is 10.7. The second-order valence-electron chi connectivity index (χ2n) is 4.29. The van der Waals surface area contributed by atoms with E-state index in [1.54, 1.807) is 0 Å². The van der Waals surface area contributed by atoms with Crippen LogP contribution in [0.1, 0.15) is 24.0 Å². The SMILES string of the molecule is NCCCN1CCCc2ccccc2C1. The Morgan fingerprint density at radius 1 is 1.20 bits per heavy atom.